The van der Waals surface area contributed by atoms with E-state index in [1.165, 1.54) is 6.07 Å². The van der Waals surface area contributed by atoms with Crippen molar-refractivity contribution in [1.29, 1.82) is 0 Å². The number of ether oxygens (including phenoxy) is 1. The van der Waals surface area contributed by atoms with Crippen molar-refractivity contribution < 1.29 is 19.7 Å². The zero-order valence-electron chi connectivity index (χ0n) is 8.14. The smallest absolute Gasteiger partial charge is 0.335 e. The highest BCUT2D eigenvalue weighted by Crippen LogP contribution is 2.27. The van der Waals surface area contributed by atoms with Gasteiger partial charge in [0.25, 0.3) is 0 Å². The molecule has 0 aliphatic carbocycles. The van der Waals surface area contributed by atoms with E-state index >= 15 is 0 Å². The number of rotatable bonds is 2. The fourth-order valence-corrected chi connectivity index (χ4v) is 1.71. The molecule has 0 amide bonds. The third-order valence-electron chi connectivity index (χ3n) is 2.55. The van der Waals surface area contributed by atoms with E-state index in [9.17, 15) is 4.79 Å². The Balaban J connectivity index is 2.30. The zero-order valence-corrected chi connectivity index (χ0v) is 8.14. The molecule has 1 aromatic rings. The van der Waals surface area contributed by atoms with Crippen LogP contribution >= 0.6 is 0 Å². The molecular formula is C11H12O4. The van der Waals surface area contributed by atoms with Crippen LogP contribution in [0.4, 0.5) is 0 Å². The summed E-state index contributed by atoms with van der Waals surface area (Å²) in [5.41, 5.74) is 1.12. The van der Waals surface area contributed by atoms with Crippen LogP contribution in [-0.4, -0.2) is 29.4 Å². The van der Waals surface area contributed by atoms with Gasteiger partial charge in [-0.05, 0) is 30.2 Å². The number of aromatic carboxylic acids is 1. The molecule has 0 radical (unpaired) electrons. The molecule has 0 saturated heterocycles. The number of carbonyl (C=O) groups is 1. The summed E-state index contributed by atoms with van der Waals surface area (Å²) in [6.45, 7) is 0.562. The summed E-state index contributed by atoms with van der Waals surface area (Å²) < 4.78 is 5.41. The highest BCUT2D eigenvalue weighted by molar-refractivity contribution is 5.88. The van der Waals surface area contributed by atoms with Crippen molar-refractivity contribution in [3.63, 3.8) is 0 Å². The SMILES string of the molecule is O=C(O)c1ccc2c(c1)CC(CO)CO2. The molecule has 2 rings (SSSR count). The molecule has 15 heavy (non-hydrogen) atoms. The Bertz CT molecular complexity index is 386. The molecule has 1 aliphatic heterocycles. The van der Waals surface area contributed by atoms with Crippen LogP contribution in [0.1, 0.15) is 15.9 Å². The number of carboxylic acids is 1. The Kier molecular flexibility index (Phi) is 2.60. The third kappa shape index (κ3) is 1.94. The quantitative estimate of drug-likeness (QED) is 0.758. The summed E-state index contributed by atoms with van der Waals surface area (Å²) in [5.74, 6) is -0.143. The minimum absolute atomic E-state index is 0.0662. The first-order valence-electron chi connectivity index (χ1n) is 4.80. The van der Waals surface area contributed by atoms with Crippen molar-refractivity contribution in [3.05, 3.63) is 29.3 Å². The van der Waals surface area contributed by atoms with Gasteiger partial charge in [-0.2, -0.15) is 0 Å². The van der Waals surface area contributed by atoms with Crippen molar-refractivity contribution in [2.75, 3.05) is 13.2 Å². The highest BCUT2D eigenvalue weighted by atomic mass is 16.5. The molecular weight excluding hydrogens is 196 g/mol. The van der Waals surface area contributed by atoms with E-state index in [4.69, 9.17) is 14.9 Å². The third-order valence-corrected chi connectivity index (χ3v) is 2.55. The molecule has 1 unspecified atom stereocenters. The van der Waals surface area contributed by atoms with Crippen LogP contribution in [0.2, 0.25) is 0 Å². The van der Waals surface area contributed by atoms with Gasteiger partial charge in [-0.3, -0.25) is 0 Å². The number of carboxylic acid groups (broad SMARTS) is 1. The molecule has 1 aromatic carbocycles. The van der Waals surface area contributed by atoms with Crippen LogP contribution in [0.5, 0.6) is 5.75 Å². The van der Waals surface area contributed by atoms with Crippen molar-refractivity contribution in [2.45, 2.75) is 6.42 Å². The number of aliphatic hydroxyl groups is 1. The van der Waals surface area contributed by atoms with E-state index in [-0.39, 0.29) is 18.1 Å². The summed E-state index contributed by atoms with van der Waals surface area (Å²) >= 11 is 0. The Labute approximate surface area is 87.1 Å². The van der Waals surface area contributed by atoms with Gasteiger partial charge in [0.1, 0.15) is 5.75 Å². The molecule has 0 spiro atoms. The van der Waals surface area contributed by atoms with Crippen molar-refractivity contribution in [1.82, 2.24) is 0 Å². The monoisotopic (exact) mass is 208 g/mol. The van der Waals surface area contributed by atoms with Gasteiger partial charge < -0.3 is 14.9 Å². The lowest BCUT2D eigenvalue weighted by atomic mass is 9.96. The summed E-state index contributed by atoms with van der Waals surface area (Å²) in [6.07, 6.45) is 0.674. The Morgan fingerprint density at radius 2 is 2.33 bits per heavy atom. The topological polar surface area (TPSA) is 66.8 Å². The van der Waals surface area contributed by atoms with Gasteiger partial charge >= 0.3 is 5.97 Å². The van der Waals surface area contributed by atoms with Gasteiger partial charge in [0.15, 0.2) is 0 Å². The lowest BCUT2D eigenvalue weighted by Gasteiger charge is -2.23. The minimum Gasteiger partial charge on any atom is -0.493 e. The lowest BCUT2D eigenvalue weighted by molar-refractivity contribution is 0.0696. The molecule has 0 saturated carbocycles. The van der Waals surface area contributed by atoms with Crippen LogP contribution in [0, 0.1) is 5.92 Å². The van der Waals surface area contributed by atoms with E-state index < -0.39 is 5.97 Å². The summed E-state index contributed by atoms with van der Waals surface area (Å²) in [4.78, 5) is 10.7. The molecule has 0 bridgehead atoms. The summed E-state index contributed by atoms with van der Waals surface area (Å²) in [7, 11) is 0. The van der Waals surface area contributed by atoms with Crippen LogP contribution in [-0.2, 0) is 6.42 Å². The average molecular weight is 208 g/mol. The molecule has 0 fully saturated rings. The molecule has 80 valence electrons. The van der Waals surface area contributed by atoms with Crippen molar-refractivity contribution in [3.8, 4) is 5.75 Å². The van der Waals surface area contributed by atoms with E-state index in [1.807, 2.05) is 0 Å². The number of fused-ring (bicyclic) bond motifs is 1. The first-order valence-corrected chi connectivity index (χ1v) is 4.80. The van der Waals surface area contributed by atoms with Crippen molar-refractivity contribution >= 4 is 5.97 Å². The maximum absolute atomic E-state index is 10.7. The van der Waals surface area contributed by atoms with Gasteiger partial charge in [0, 0.05) is 12.5 Å². The molecule has 1 heterocycles. The van der Waals surface area contributed by atoms with Gasteiger partial charge in [-0.25, -0.2) is 4.79 Å². The Morgan fingerprint density at radius 3 is 3.00 bits per heavy atom. The van der Waals surface area contributed by atoms with Crippen LogP contribution in [0.15, 0.2) is 18.2 Å². The Hall–Kier alpha value is -1.55. The molecule has 4 nitrogen and oxygen atoms in total. The van der Waals surface area contributed by atoms with E-state index in [0.29, 0.717) is 13.0 Å². The molecule has 4 heteroatoms. The number of hydrogen-bond donors (Lipinski definition) is 2. The molecule has 1 atom stereocenters. The van der Waals surface area contributed by atoms with E-state index in [0.717, 1.165) is 11.3 Å². The normalized spacial score (nSPS) is 19.1. The second-order valence-electron chi connectivity index (χ2n) is 3.69. The molecule has 2 N–H and O–H groups in total. The zero-order chi connectivity index (χ0) is 10.8. The van der Waals surface area contributed by atoms with Crippen LogP contribution in [0.3, 0.4) is 0 Å². The summed E-state index contributed by atoms with van der Waals surface area (Å²) in [5, 5.41) is 17.8. The largest absolute Gasteiger partial charge is 0.493 e. The predicted molar refractivity (Wildman–Crippen MR) is 53.2 cm³/mol. The number of aliphatic hydroxyl groups excluding tert-OH is 1. The minimum atomic E-state index is -0.941. The fraction of sp³-hybridized carbons (Fsp3) is 0.364. The number of hydrogen-bond acceptors (Lipinski definition) is 3. The molecule has 0 aromatic heterocycles. The van der Waals surface area contributed by atoms with E-state index in [1.54, 1.807) is 12.1 Å². The second kappa shape index (κ2) is 3.90. The predicted octanol–water partition coefficient (Wildman–Crippen LogP) is 0.928. The van der Waals surface area contributed by atoms with Crippen LogP contribution < -0.4 is 4.74 Å². The maximum Gasteiger partial charge on any atom is 0.335 e. The first-order chi connectivity index (χ1) is 7.20. The van der Waals surface area contributed by atoms with Gasteiger partial charge in [0.05, 0.1) is 12.2 Å². The van der Waals surface area contributed by atoms with E-state index in [2.05, 4.69) is 0 Å². The highest BCUT2D eigenvalue weighted by Gasteiger charge is 2.20. The van der Waals surface area contributed by atoms with Gasteiger partial charge in [-0.15, -0.1) is 0 Å². The Morgan fingerprint density at radius 1 is 1.53 bits per heavy atom. The second-order valence-corrected chi connectivity index (χ2v) is 3.69. The summed E-state index contributed by atoms with van der Waals surface area (Å²) in [6, 6.07) is 4.81. The maximum atomic E-state index is 10.7. The average Bonchev–Trinajstić information content (AvgIpc) is 2.27. The van der Waals surface area contributed by atoms with Gasteiger partial charge in [0.2, 0.25) is 0 Å². The standard InChI is InChI=1S/C11H12O4/c12-5-7-3-9-4-8(11(13)14)1-2-10(9)15-6-7/h1-2,4,7,12H,3,5-6H2,(H,13,14). The fourth-order valence-electron chi connectivity index (χ4n) is 1.71. The van der Waals surface area contributed by atoms with Crippen LogP contribution in [0.25, 0.3) is 0 Å². The van der Waals surface area contributed by atoms with Gasteiger partial charge in [-0.1, -0.05) is 0 Å². The first kappa shape index (κ1) is 9.98. The number of benzene rings is 1. The molecule has 1 aliphatic rings. The lowest BCUT2D eigenvalue weighted by Crippen LogP contribution is -2.24. The van der Waals surface area contributed by atoms with Crippen molar-refractivity contribution in [2.24, 2.45) is 5.92 Å².